The zero-order chi connectivity index (χ0) is 10.6. The van der Waals surface area contributed by atoms with Crippen LogP contribution < -0.4 is 0 Å². The van der Waals surface area contributed by atoms with E-state index in [4.69, 9.17) is 0 Å². The number of hydrogen-bond donors (Lipinski definition) is 0. The van der Waals surface area contributed by atoms with Crippen molar-refractivity contribution in [2.24, 2.45) is 0 Å². The first-order valence-electron chi connectivity index (χ1n) is 2.68. The molecule has 0 aromatic rings. The normalized spacial score (nSPS) is 10.9. The summed E-state index contributed by atoms with van der Waals surface area (Å²) in [6.07, 6.45) is -7.70. The smallest absolute Gasteiger partial charge is 0.393 e. The minimum atomic E-state index is -4.59. The van der Waals surface area contributed by atoms with Crippen LogP contribution in [-0.4, -0.2) is 18.8 Å². The van der Waals surface area contributed by atoms with Crippen molar-refractivity contribution in [3.63, 3.8) is 0 Å². The van der Waals surface area contributed by atoms with E-state index >= 15 is 0 Å². The average Bonchev–Trinajstić information content (AvgIpc) is 2.02. The fourth-order valence-electron chi connectivity index (χ4n) is 0.285. The number of hydrogen-bond acceptors (Lipinski definition) is 2. The van der Waals surface area contributed by atoms with Crippen molar-refractivity contribution in [2.45, 2.75) is 6.11 Å². The van der Waals surface area contributed by atoms with Gasteiger partial charge in [0.1, 0.15) is 0 Å². The maximum absolute atomic E-state index is 11.8. The minimum Gasteiger partial charge on any atom is -0.393 e. The predicted molar refractivity (Wildman–Crippen MR) is 27.4 cm³/mol. The second kappa shape index (κ2) is 4.15. The zero-order valence-electron chi connectivity index (χ0n) is 5.79. The lowest BCUT2D eigenvalue weighted by Gasteiger charge is -2.10. The second-order valence-corrected chi connectivity index (χ2v) is 1.73. The average molecular weight is 208 g/mol. The highest BCUT2D eigenvalue weighted by atomic mass is 19.3. The van der Waals surface area contributed by atoms with Crippen LogP contribution in [-0.2, 0) is 9.53 Å². The quantitative estimate of drug-likeness (QED) is 0.403. The molecule has 0 radical (unpaired) electrons. The highest BCUT2D eigenvalue weighted by Crippen LogP contribution is 2.20. The van der Waals surface area contributed by atoms with Crippen LogP contribution in [0.4, 0.5) is 26.3 Å². The lowest BCUT2D eigenvalue weighted by atomic mass is 10.6. The van der Waals surface area contributed by atoms with E-state index in [2.05, 4.69) is 4.74 Å². The van der Waals surface area contributed by atoms with Crippen LogP contribution in [0.3, 0.4) is 0 Å². The molecule has 0 aliphatic heterocycles. The largest absolute Gasteiger partial charge is 0.429 e. The number of halogens is 6. The molecular formula is C5H2F6O2. The van der Waals surface area contributed by atoms with Crippen LogP contribution in [0.1, 0.15) is 0 Å². The summed E-state index contributed by atoms with van der Waals surface area (Å²) in [5.74, 6) is -5.38. The third kappa shape index (κ3) is 3.81. The van der Waals surface area contributed by atoms with Gasteiger partial charge in [-0.2, -0.15) is 22.0 Å². The van der Waals surface area contributed by atoms with Gasteiger partial charge >= 0.3 is 18.2 Å². The van der Waals surface area contributed by atoms with Crippen LogP contribution in [0.25, 0.3) is 0 Å². The van der Waals surface area contributed by atoms with Gasteiger partial charge < -0.3 is 4.74 Å². The number of rotatable bonds is 3. The van der Waals surface area contributed by atoms with E-state index in [1.807, 2.05) is 0 Å². The summed E-state index contributed by atoms with van der Waals surface area (Å²) in [4.78, 5) is 9.98. The Morgan fingerprint density at radius 2 is 1.69 bits per heavy atom. The molecule has 2 nitrogen and oxygen atoms in total. The van der Waals surface area contributed by atoms with Crippen LogP contribution in [0.2, 0.25) is 0 Å². The van der Waals surface area contributed by atoms with E-state index in [0.29, 0.717) is 0 Å². The number of alkyl halides is 3. The van der Waals surface area contributed by atoms with E-state index < -0.39 is 30.7 Å². The van der Waals surface area contributed by atoms with Crippen molar-refractivity contribution in [1.29, 1.82) is 0 Å². The van der Waals surface area contributed by atoms with Crippen molar-refractivity contribution in [3.05, 3.63) is 11.9 Å². The van der Waals surface area contributed by atoms with Gasteiger partial charge in [0.2, 0.25) is 0 Å². The van der Waals surface area contributed by atoms with Gasteiger partial charge in [-0.1, -0.05) is 0 Å². The van der Waals surface area contributed by atoms with Crippen molar-refractivity contribution in [1.82, 2.24) is 0 Å². The minimum absolute atomic E-state index is 2.42. The van der Waals surface area contributed by atoms with E-state index in [0.717, 1.165) is 0 Å². The van der Waals surface area contributed by atoms with Crippen molar-refractivity contribution in [3.8, 4) is 0 Å². The van der Waals surface area contributed by atoms with Gasteiger partial charge in [-0.3, -0.25) is 0 Å². The third-order valence-electron chi connectivity index (χ3n) is 0.743. The van der Waals surface area contributed by atoms with E-state index in [1.54, 1.807) is 0 Å². The number of carbonyl (C=O) groups is 1. The van der Waals surface area contributed by atoms with Gasteiger partial charge in [-0.25, -0.2) is 9.18 Å². The molecular weight excluding hydrogens is 206 g/mol. The first kappa shape index (κ1) is 11.8. The fourth-order valence-corrected chi connectivity index (χ4v) is 0.285. The summed E-state index contributed by atoms with van der Waals surface area (Å²) in [5, 5.41) is 0. The highest BCUT2D eigenvalue weighted by molar-refractivity contribution is 5.86. The molecule has 13 heavy (non-hydrogen) atoms. The zero-order valence-corrected chi connectivity index (χ0v) is 5.79. The summed E-state index contributed by atoms with van der Waals surface area (Å²) in [7, 11) is 0. The molecule has 0 atom stereocenters. The van der Waals surface area contributed by atoms with Crippen LogP contribution in [0, 0.1) is 0 Å². The fraction of sp³-hybridized carbons (Fsp3) is 0.400. The maximum Gasteiger partial charge on any atom is 0.429 e. The van der Waals surface area contributed by atoms with E-state index in [-0.39, 0.29) is 0 Å². The Kier molecular flexibility index (Phi) is 3.76. The van der Waals surface area contributed by atoms with Gasteiger partial charge in [-0.15, -0.1) is 0 Å². The molecule has 0 amide bonds. The van der Waals surface area contributed by atoms with Crippen molar-refractivity contribution < 1.29 is 35.9 Å². The van der Waals surface area contributed by atoms with Gasteiger partial charge in [0.15, 0.2) is 6.67 Å². The van der Waals surface area contributed by atoms with Gasteiger partial charge in [0.05, 0.1) is 0 Å². The Morgan fingerprint density at radius 1 is 1.23 bits per heavy atom. The number of esters is 1. The van der Waals surface area contributed by atoms with Crippen molar-refractivity contribution >= 4 is 5.97 Å². The molecule has 0 fully saturated rings. The standard InChI is InChI=1S/C5H2F6O2/c6-1-5(10,11)13-4(12)2(7)3(8)9/h1H2. The molecule has 0 heterocycles. The SMILES string of the molecule is O=C(OC(F)(F)CF)C(F)=C(F)F. The van der Waals surface area contributed by atoms with Gasteiger partial charge in [0, 0.05) is 0 Å². The Labute approximate surface area is 67.8 Å². The molecule has 0 aliphatic carbocycles. The van der Waals surface area contributed by atoms with Crippen LogP contribution >= 0.6 is 0 Å². The predicted octanol–water partition coefficient (Wildman–Crippen LogP) is 2.17. The lowest BCUT2D eigenvalue weighted by molar-refractivity contribution is -0.236. The summed E-state index contributed by atoms with van der Waals surface area (Å²) in [6, 6.07) is 0. The monoisotopic (exact) mass is 208 g/mol. The molecule has 76 valence electrons. The first-order chi connectivity index (χ1) is 5.80. The second-order valence-electron chi connectivity index (χ2n) is 1.73. The molecule has 0 aromatic carbocycles. The van der Waals surface area contributed by atoms with Crippen molar-refractivity contribution in [2.75, 3.05) is 6.67 Å². The Bertz CT molecular complexity index is 231. The maximum atomic E-state index is 11.8. The number of ether oxygens (including phenoxy) is 1. The topological polar surface area (TPSA) is 26.3 Å². The molecule has 0 saturated heterocycles. The molecule has 0 unspecified atom stereocenters. The molecule has 0 spiro atoms. The summed E-state index contributed by atoms with van der Waals surface area (Å²) < 4.78 is 71.8. The summed E-state index contributed by atoms with van der Waals surface area (Å²) in [5.41, 5.74) is 0. The van der Waals surface area contributed by atoms with Gasteiger partial charge in [-0.05, 0) is 0 Å². The molecule has 0 aromatic heterocycles. The molecule has 0 N–H and O–H groups in total. The van der Waals surface area contributed by atoms with Crippen LogP contribution in [0.5, 0.6) is 0 Å². The van der Waals surface area contributed by atoms with Gasteiger partial charge in [0.25, 0.3) is 5.83 Å². The van der Waals surface area contributed by atoms with E-state index in [9.17, 15) is 31.1 Å². The number of carbonyl (C=O) groups excluding carboxylic acids is 1. The van der Waals surface area contributed by atoms with Crippen LogP contribution in [0.15, 0.2) is 11.9 Å². The first-order valence-corrected chi connectivity index (χ1v) is 2.68. The molecule has 8 heteroatoms. The summed E-state index contributed by atoms with van der Waals surface area (Å²) >= 11 is 0. The highest BCUT2D eigenvalue weighted by Gasteiger charge is 2.36. The Hall–Kier alpha value is -1.21. The summed E-state index contributed by atoms with van der Waals surface area (Å²) in [6.45, 7) is -2.42. The Morgan fingerprint density at radius 3 is 2.00 bits per heavy atom. The molecule has 0 saturated carbocycles. The molecule has 0 bridgehead atoms. The molecule has 0 rings (SSSR count). The molecule has 0 aliphatic rings. The lowest BCUT2D eigenvalue weighted by Crippen LogP contribution is -2.27. The van der Waals surface area contributed by atoms with E-state index in [1.165, 1.54) is 0 Å². The Balaban J connectivity index is 4.42. The third-order valence-corrected chi connectivity index (χ3v) is 0.743.